The van der Waals surface area contributed by atoms with E-state index in [-0.39, 0.29) is 23.6 Å². The van der Waals surface area contributed by atoms with Crippen LogP contribution in [-0.4, -0.2) is 45.7 Å². The van der Waals surface area contributed by atoms with Crippen molar-refractivity contribution in [1.29, 1.82) is 0 Å². The summed E-state index contributed by atoms with van der Waals surface area (Å²) in [7, 11) is 3.88. The van der Waals surface area contributed by atoms with Crippen molar-refractivity contribution in [2.24, 2.45) is 0 Å². The second-order valence-electron chi connectivity index (χ2n) is 6.49. The zero-order valence-electron chi connectivity index (χ0n) is 14.6. The molecule has 144 valence electrons. The summed E-state index contributed by atoms with van der Waals surface area (Å²) in [6.45, 7) is 0.288. The molecule has 2 rings (SSSR count). The average Bonchev–Trinajstić information content (AvgIpc) is 3.12. The summed E-state index contributed by atoms with van der Waals surface area (Å²) >= 11 is 0. The van der Waals surface area contributed by atoms with Crippen LogP contribution in [0.5, 0.6) is 0 Å². The van der Waals surface area contributed by atoms with Crippen LogP contribution >= 0.6 is 21.6 Å². The summed E-state index contributed by atoms with van der Waals surface area (Å²) in [5.41, 5.74) is 0.803. The number of carboxylic acid groups (broad SMARTS) is 2. The summed E-state index contributed by atoms with van der Waals surface area (Å²) in [6, 6.07) is 4.95. The van der Waals surface area contributed by atoms with Crippen molar-refractivity contribution < 1.29 is 24.9 Å². The Kier molecular flexibility index (Phi) is 8.77. The van der Waals surface area contributed by atoms with Crippen molar-refractivity contribution in [2.45, 2.75) is 49.8 Å². The first-order chi connectivity index (χ1) is 12.5. The first kappa shape index (κ1) is 21.1. The molecule has 6 nitrogen and oxygen atoms in total. The molecule has 0 bridgehead atoms. The molecule has 1 fully saturated rings. The lowest BCUT2D eigenvalue weighted by molar-refractivity contribution is -0.866. The van der Waals surface area contributed by atoms with Gasteiger partial charge in [0.25, 0.3) is 0 Å². The highest BCUT2D eigenvalue weighted by atomic mass is 33.1. The molecule has 1 aliphatic heterocycles. The lowest BCUT2D eigenvalue weighted by atomic mass is 10.0. The number of nitrogens with one attached hydrogen (secondary N) is 1. The van der Waals surface area contributed by atoms with Gasteiger partial charge >= 0.3 is 11.9 Å². The van der Waals surface area contributed by atoms with E-state index in [0.717, 1.165) is 24.5 Å². The summed E-state index contributed by atoms with van der Waals surface area (Å²) in [5, 5.41) is 31.1. The van der Waals surface area contributed by atoms with E-state index in [1.54, 1.807) is 12.1 Å². The van der Waals surface area contributed by atoms with Crippen molar-refractivity contribution in [3.63, 3.8) is 0 Å². The molecular weight excluding hydrogens is 374 g/mol. The first-order valence-corrected chi connectivity index (χ1v) is 11.2. The van der Waals surface area contributed by atoms with Crippen LogP contribution in [0, 0.1) is 5.21 Å². The van der Waals surface area contributed by atoms with E-state index < -0.39 is 18.0 Å². The summed E-state index contributed by atoms with van der Waals surface area (Å²) < 4.78 is 0. The molecule has 0 aromatic heterocycles. The molecule has 0 spiro atoms. The number of hydroxylamine groups is 2. The second kappa shape index (κ2) is 10.8. The van der Waals surface area contributed by atoms with Crippen molar-refractivity contribution in [3.8, 4) is 0 Å². The molecule has 3 atom stereocenters. The highest BCUT2D eigenvalue weighted by Gasteiger charge is 2.24. The van der Waals surface area contributed by atoms with Crippen LogP contribution < -0.4 is 5.06 Å². The van der Waals surface area contributed by atoms with Crippen LogP contribution in [0.1, 0.15) is 48.0 Å². The number of benzene rings is 1. The van der Waals surface area contributed by atoms with Crippen LogP contribution in [0.15, 0.2) is 24.3 Å². The number of rotatable bonds is 11. The Morgan fingerprint density at radius 1 is 1.19 bits per heavy atom. The lowest BCUT2D eigenvalue weighted by Crippen LogP contribution is -3.12. The van der Waals surface area contributed by atoms with Gasteiger partial charge in [0.1, 0.15) is 0 Å². The first-order valence-electron chi connectivity index (χ1n) is 8.83. The second-order valence-corrected chi connectivity index (χ2v) is 9.28. The standard InChI is InChI=1S/C18H25NO5S2/c20-17(21)14-7-5-13(6-8-14)12-16(18(22)23)19(24)10-3-1-2-4-15-9-11-25-26-15/h5-8,15-16,19H,1-4,9-12H2,(H,20,21)(H,22,23). The largest absolute Gasteiger partial charge is 0.634 e. The molecule has 0 radical (unpaired) electrons. The van der Waals surface area contributed by atoms with E-state index >= 15 is 0 Å². The number of unbranched alkanes of at least 4 members (excludes halogenated alkanes) is 2. The summed E-state index contributed by atoms with van der Waals surface area (Å²) in [5.74, 6) is -0.921. The molecule has 3 unspecified atom stereocenters. The van der Waals surface area contributed by atoms with Gasteiger partial charge in [-0.05, 0) is 43.4 Å². The van der Waals surface area contributed by atoms with Gasteiger partial charge in [-0.1, -0.05) is 40.1 Å². The van der Waals surface area contributed by atoms with Crippen LogP contribution in [0.3, 0.4) is 0 Å². The Hall–Kier alpha value is -1.22. The maximum absolute atomic E-state index is 12.3. The maximum atomic E-state index is 12.3. The molecule has 8 heteroatoms. The Morgan fingerprint density at radius 3 is 2.50 bits per heavy atom. The third-order valence-corrected chi connectivity index (χ3v) is 7.51. The van der Waals surface area contributed by atoms with Crippen molar-refractivity contribution >= 4 is 33.5 Å². The topological polar surface area (TPSA) is 102 Å². The van der Waals surface area contributed by atoms with E-state index in [4.69, 9.17) is 5.11 Å². The summed E-state index contributed by atoms with van der Waals surface area (Å²) in [4.78, 5) is 22.3. The lowest BCUT2D eigenvalue weighted by Gasteiger charge is -2.29. The van der Waals surface area contributed by atoms with Crippen LogP contribution in [0.4, 0.5) is 0 Å². The molecule has 1 aromatic carbocycles. The number of aliphatic carboxylic acids is 1. The molecule has 0 aliphatic carbocycles. The summed E-state index contributed by atoms with van der Waals surface area (Å²) in [6.07, 6.45) is 5.29. The van der Waals surface area contributed by atoms with Gasteiger partial charge in [0, 0.05) is 17.4 Å². The molecule has 3 N–H and O–H groups in total. The zero-order chi connectivity index (χ0) is 18.9. The smallest absolute Gasteiger partial charge is 0.363 e. The van der Waals surface area contributed by atoms with Crippen LogP contribution in [-0.2, 0) is 11.2 Å². The van der Waals surface area contributed by atoms with E-state index in [1.165, 1.54) is 30.7 Å². The molecular formula is C18H25NO5S2. The maximum Gasteiger partial charge on any atom is 0.363 e. The van der Waals surface area contributed by atoms with E-state index in [2.05, 4.69) is 0 Å². The number of hydrogen-bond acceptors (Lipinski definition) is 5. The van der Waals surface area contributed by atoms with Gasteiger partial charge in [-0.2, -0.15) is 0 Å². The third kappa shape index (κ3) is 6.83. The predicted molar refractivity (Wildman–Crippen MR) is 105 cm³/mol. The van der Waals surface area contributed by atoms with Crippen molar-refractivity contribution in [1.82, 2.24) is 0 Å². The predicted octanol–water partition coefficient (Wildman–Crippen LogP) is 2.48. The highest BCUT2D eigenvalue weighted by molar-refractivity contribution is 8.77. The van der Waals surface area contributed by atoms with Gasteiger partial charge in [0.2, 0.25) is 0 Å². The molecule has 1 aliphatic rings. The van der Waals surface area contributed by atoms with Gasteiger partial charge in [-0.25, -0.2) is 9.59 Å². The number of hydrogen-bond donors (Lipinski definition) is 3. The Balaban J connectivity index is 1.76. The normalized spacial score (nSPS) is 19.2. The van der Waals surface area contributed by atoms with Gasteiger partial charge in [0.15, 0.2) is 6.04 Å². The molecule has 1 heterocycles. The minimum Gasteiger partial charge on any atom is -0.634 e. The molecule has 1 aromatic rings. The van der Waals surface area contributed by atoms with Crippen LogP contribution in [0.2, 0.25) is 0 Å². The minimum atomic E-state index is -1.11. The van der Waals surface area contributed by atoms with Crippen molar-refractivity contribution in [2.75, 3.05) is 12.3 Å². The van der Waals surface area contributed by atoms with Gasteiger partial charge in [-0.3, -0.25) is 0 Å². The third-order valence-electron chi connectivity index (χ3n) is 4.50. The van der Waals surface area contributed by atoms with Gasteiger partial charge < -0.3 is 20.5 Å². The SMILES string of the molecule is O=C(O)c1ccc(CC(C(=O)O)[NH+]([O-])CCCCCC2CCSS2)cc1. The van der Waals surface area contributed by atoms with Crippen LogP contribution in [0.25, 0.3) is 0 Å². The molecule has 26 heavy (non-hydrogen) atoms. The fourth-order valence-corrected chi connectivity index (χ4v) is 5.97. The van der Waals surface area contributed by atoms with Crippen molar-refractivity contribution in [3.05, 3.63) is 40.6 Å². The van der Waals surface area contributed by atoms with Gasteiger partial charge in [-0.15, -0.1) is 0 Å². The number of carbonyl (C=O) groups is 2. The number of aromatic carboxylic acids is 1. The minimum absolute atomic E-state index is 0.101. The van der Waals surface area contributed by atoms with Gasteiger partial charge in [0.05, 0.1) is 12.1 Å². The number of carboxylic acids is 2. The Labute approximate surface area is 161 Å². The quantitative estimate of drug-likeness (QED) is 0.298. The zero-order valence-corrected chi connectivity index (χ0v) is 16.2. The monoisotopic (exact) mass is 399 g/mol. The molecule has 0 amide bonds. The Morgan fingerprint density at radius 2 is 1.92 bits per heavy atom. The van der Waals surface area contributed by atoms with E-state index in [0.29, 0.717) is 5.56 Å². The average molecular weight is 400 g/mol. The number of quaternary nitrogens is 1. The van der Waals surface area contributed by atoms with E-state index in [1.807, 2.05) is 21.6 Å². The fourth-order valence-electron chi connectivity index (χ4n) is 2.94. The highest BCUT2D eigenvalue weighted by Crippen LogP contribution is 2.39. The Bertz CT molecular complexity index is 590. The fraction of sp³-hybridized carbons (Fsp3) is 0.556. The molecule has 0 saturated carbocycles. The van der Waals surface area contributed by atoms with E-state index in [9.17, 15) is 19.9 Å². The molecule has 1 saturated heterocycles.